The number of nitrogens with two attached hydrogens (primary N) is 1. The highest BCUT2D eigenvalue weighted by molar-refractivity contribution is 6.32. The molecule has 2 rings (SSSR count). The van der Waals surface area contributed by atoms with E-state index in [2.05, 4.69) is 6.07 Å². The van der Waals surface area contributed by atoms with Crippen LogP contribution < -0.4 is 10.5 Å². The van der Waals surface area contributed by atoms with E-state index >= 15 is 0 Å². The molecule has 0 heterocycles. The third-order valence-corrected chi connectivity index (χ3v) is 2.80. The average Bonchev–Trinajstić information content (AvgIpc) is 2.38. The fraction of sp³-hybridized carbons (Fsp3) is 0.0714. The fourth-order valence-electron chi connectivity index (χ4n) is 1.58. The van der Waals surface area contributed by atoms with Crippen LogP contribution in [-0.4, -0.2) is 0 Å². The lowest BCUT2D eigenvalue weighted by atomic mass is 10.1. The second-order valence-corrected chi connectivity index (χ2v) is 4.12. The van der Waals surface area contributed by atoms with Crippen molar-refractivity contribution in [1.29, 1.82) is 5.26 Å². The Bertz CT molecular complexity index is 585. The van der Waals surface area contributed by atoms with Crippen LogP contribution in [0.1, 0.15) is 11.1 Å². The summed E-state index contributed by atoms with van der Waals surface area (Å²) in [5.74, 6) is 0.451. The molecule has 0 spiro atoms. The molecule has 0 bridgehead atoms. The molecule has 2 aromatic carbocycles. The summed E-state index contributed by atoms with van der Waals surface area (Å²) >= 11 is 6.00. The van der Waals surface area contributed by atoms with Crippen LogP contribution in [0.2, 0.25) is 5.02 Å². The summed E-state index contributed by atoms with van der Waals surface area (Å²) < 4.78 is 5.59. The molecule has 0 aliphatic carbocycles. The van der Waals surface area contributed by atoms with E-state index in [1.165, 1.54) is 0 Å². The Morgan fingerprint density at radius 1 is 1.17 bits per heavy atom. The molecule has 90 valence electrons. The van der Waals surface area contributed by atoms with Gasteiger partial charge in [-0.05, 0) is 18.2 Å². The highest BCUT2D eigenvalue weighted by Crippen LogP contribution is 2.31. The maximum Gasteiger partial charge on any atom is 0.161 e. The van der Waals surface area contributed by atoms with Crippen LogP contribution in [0.25, 0.3) is 0 Å². The highest BCUT2D eigenvalue weighted by atomic mass is 35.5. The minimum Gasteiger partial charge on any atom is -0.485 e. The van der Waals surface area contributed by atoms with E-state index in [1.54, 1.807) is 24.3 Å². The SMILES string of the molecule is N#Cc1ccccc1COc1c(N)cccc1Cl. The van der Waals surface area contributed by atoms with Crippen molar-refractivity contribution in [3.8, 4) is 11.8 Å². The van der Waals surface area contributed by atoms with Crippen molar-refractivity contribution >= 4 is 17.3 Å². The van der Waals surface area contributed by atoms with Gasteiger partial charge in [0.1, 0.15) is 6.61 Å². The number of para-hydroxylation sites is 1. The molecule has 0 saturated heterocycles. The highest BCUT2D eigenvalue weighted by Gasteiger charge is 2.07. The lowest BCUT2D eigenvalue weighted by molar-refractivity contribution is 0.308. The van der Waals surface area contributed by atoms with Crippen LogP contribution >= 0.6 is 11.6 Å². The molecule has 0 fully saturated rings. The van der Waals surface area contributed by atoms with Gasteiger partial charge in [-0.2, -0.15) is 5.26 Å². The minimum atomic E-state index is 0.262. The zero-order chi connectivity index (χ0) is 13.0. The smallest absolute Gasteiger partial charge is 0.161 e. The van der Waals surface area contributed by atoms with Gasteiger partial charge in [0.25, 0.3) is 0 Å². The van der Waals surface area contributed by atoms with Crippen LogP contribution in [0.3, 0.4) is 0 Å². The van der Waals surface area contributed by atoms with Gasteiger partial charge in [-0.1, -0.05) is 35.9 Å². The molecule has 0 aromatic heterocycles. The summed E-state index contributed by atoms with van der Waals surface area (Å²) in [7, 11) is 0. The molecule has 2 aromatic rings. The quantitative estimate of drug-likeness (QED) is 0.859. The number of rotatable bonds is 3. The number of hydrogen-bond donors (Lipinski definition) is 1. The lowest BCUT2D eigenvalue weighted by Gasteiger charge is -2.11. The van der Waals surface area contributed by atoms with Crippen molar-refractivity contribution in [1.82, 2.24) is 0 Å². The Balaban J connectivity index is 2.20. The first-order valence-electron chi connectivity index (χ1n) is 5.37. The molecule has 18 heavy (non-hydrogen) atoms. The summed E-state index contributed by atoms with van der Waals surface area (Å²) in [5, 5.41) is 9.43. The van der Waals surface area contributed by atoms with Crippen LogP contribution in [0, 0.1) is 11.3 Å². The van der Waals surface area contributed by atoms with Gasteiger partial charge in [-0.3, -0.25) is 0 Å². The molecule has 4 heteroatoms. The molecule has 0 saturated carbocycles. The lowest BCUT2D eigenvalue weighted by Crippen LogP contribution is -2.01. The van der Waals surface area contributed by atoms with Gasteiger partial charge < -0.3 is 10.5 Å². The normalized spacial score (nSPS) is 9.78. The zero-order valence-corrected chi connectivity index (χ0v) is 10.3. The van der Waals surface area contributed by atoms with Crippen molar-refractivity contribution in [2.45, 2.75) is 6.61 Å². The van der Waals surface area contributed by atoms with Crippen LogP contribution in [0.4, 0.5) is 5.69 Å². The monoisotopic (exact) mass is 258 g/mol. The van der Waals surface area contributed by atoms with Crippen molar-refractivity contribution < 1.29 is 4.74 Å². The van der Waals surface area contributed by atoms with Crippen molar-refractivity contribution in [2.75, 3.05) is 5.73 Å². The number of nitrogens with zero attached hydrogens (tertiary/aromatic N) is 1. The standard InChI is InChI=1S/C14H11ClN2O/c15-12-6-3-7-13(17)14(12)18-9-11-5-2-1-4-10(11)8-16/h1-7H,9,17H2. The van der Waals surface area contributed by atoms with E-state index in [1.807, 2.05) is 18.2 Å². The molecule has 3 nitrogen and oxygen atoms in total. The van der Waals surface area contributed by atoms with Gasteiger partial charge in [0.2, 0.25) is 0 Å². The molecule has 0 amide bonds. The Labute approximate surface area is 110 Å². The summed E-state index contributed by atoms with van der Waals surface area (Å²) in [6.45, 7) is 0.262. The molecule has 0 unspecified atom stereocenters. The summed E-state index contributed by atoms with van der Waals surface area (Å²) in [6.07, 6.45) is 0. The number of anilines is 1. The van der Waals surface area contributed by atoms with Crippen molar-refractivity contribution in [3.63, 3.8) is 0 Å². The Kier molecular flexibility index (Phi) is 3.71. The van der Waals surface area contributed by atoms with Gasteiger partial charge in [0.15, 0.2) is 5.75 Å². The largest absolute Gasteiger partial charge is 0.485 e. The fourth-order valence-corrected chi connectivity index (χ4v) is 1.82. The van der Waals surface area contributed by atoms with Crippen molar-refractivity contribution in [2.24, 2.45) is 0 Å². The van der Waals surface area contributed by atoms with E-state index in [-0.39, 0.29) is 6.61 Å². The van der Waals surface area contributed by atoms with E-state index < -0.39 is 0 Å². The Morgan fingerprint density at radius 2 is 1.94 bits per heavy atom. The maximum atomic E-state index is 8.97. The van der Waals surface area contributed by atoms with Gasteiger partial charge in [-0.25, -0.2) is 0 Å². The number of hydrogen-bond acceptors (Lipinski definition) is 3. The number of nitriles is 1. The summed E-state index contributed by atoms with van der Waals surface area (Å²) in [6, 6.07) is 14.6. The third-order valence-electron chi connectivity index (χ3n) is 2.51. The predicted molar refractivity (Wildman–Crippen MR) is 71.4 cm³/mol. The third kappa shape index (κ3) is 2.55. The molecule has 0 aliphatic rings. The predicted octanol–water partition coefficient (Wildman–Crippen LogP) is 3.37. The average molecular weight is 259 g/mol. The second-order valence-electron chi connectivity index (χ2n) is 3.72. The van der Waals surface area contributed by atoms with E-state index in [9.17, 15) is 0 Å². The second kappa shape index (κ2) is 5.44. The molecular weight excluding hydrogens is 248 g/mol. The molecule has 2 N–H and O–H groups in total. The maximum absolute atomic E-state index is 8.97. The molecule has 0 radical (unpaired) electrons. The van der Waals surface area contributed by atoms with E-state index in [0.717, 1.165) is 5.56 Å². The number of halogens is 1. The van der Waals surface area contributed by atoms with Gasteiger partial charge in [0, 0.05) is 5.56 Å². The number of ether oxygens (including phenoxy) is 1. The van der Waals surface area contributed by atoms with Crippen LogP contribution in [-0.2, 0) is 6.61 Å². The summed E-state index contributed by atoms with van der Waals surface area (Å²) in [4.78, 5) is 0. The van der Waals surface area contributed by atoms with E-state index in [4.69, 9.17) is 27.3 Å². The Hall–Kier alpha value is -2.18. The topological polar surface area (TPSA) is 59.0 Å². The van der Waals surface area contributed by atoms with Crippen LogP contribution in [0.15, 0.2) is 42.5 Å². The van der Waals surface area contributed by atoms with Crippen molar-refractivity contribution in [3.05, 3.63) is 58.6 Å². The molecule has 0 aliphatic heterocycles. The zero-order valence-electron chi connectivity index (χ0n) is 9.56. The minimum absolute atomic E-state index is 0.262. The molecule has 0 atom stereocenters. The molecular formula is C14H11ClN2O. The van der Waals surface area contributed by atoms with Gasteiger partial charge >= 0.3 is 0 Å². The first-order valence-corrected chi connectivity index (χ1v) is 5.75. The first-order chi connectivity index (χ1) is 8.72. The van der Waals surface area contributed by atoms with Crippen LogP contribution in [0.5, 0.6) is 5.75 Å². The number of nitrogen functional groups attached to an aromatic ring is 1. The Morgan fingerprint density at radius 3 is 2.67 bits per heavy atom. The number of benzene rings is 2. The van der Waals surface area contributed by atoms with Gasteiger partial charge in [-0.15, -0.1) is 0 Å². The van der Waals surface area contributed by atoms with Gasteiger partial charge in [0.05, 0.1) is 22.3 Å². The summed E-state index contributed by atoms with van der Waals surface area (Å²) in [5.41, 5.74) is 7.66. The first kappa shape index (κ1) is 12.3. The van der Waals surface area contributed by atoms with E-state index in [0.29, 0.717) is 22.0 Å².